The van der Waals surface area contributed by atoms with Crippen molar-refractivity contribution in [3.63, 3.8) is 0 Å². The molecule has 1 atom stereocenters. The maximum absolute atomic E-state index is 14.5. The van der Waals surface area contributed by atoms with E-state index in [1.165, 1.54) is 18.3 Å². The number of hydrogen-bond acceptors (Lipinski definition) is 3. The Morgan fingerprint density at radius 1 is 1.11 bits per heavy atom. The first-order valence-electron chi connectivity index (χ1n) is 8.26. The van der Waals surface area contributed by atoms with Gasteiger partial charge in [0.15, 0.2) is 0 Å². The van der Waals surface area contributed by atoms with Crippen LogP contribution in [0.25, 0.3) is 0 Å². The third kappa shape index (κ3) is 2.67. The number of aromatic amines is 1. The van der Waals surface area contributed by atoms with E-state index in [4.69, 9.17) is 5.73 Å². The van der Waals surface area contributed by atoms with E-state index in [-0.39, 0.29) is 17.0 Å². The van der Waals surface area contributed by atoms with Crippen molar-refractivity contribution in [2.45, 2.75) is 12.0 Å². The summed E-state index contributed by atoms with van der Waals surface area (Å²) in [4.78, 5) is 18.7. The number of halogens is 4. The Hall–Kier alpha value is -2.87. The van der Waals surface area contributed by atoms with Crippen LogP contribution in [0.2, 0.25) is 0 Å². The summed E-state index contributed by atoms with van der Waals surface area (Å²) in [5, 5.41) is 0. The molecule has 142 valence electrons. The molecule has 8 heteroatoms. The van der Waals surface area contributed by atoms with Crippen molar-refractivity contribution < 1.29 is 13.2 Å². The second-order valence-electron chi connectivity index (χ2n) is 6.35. The van der Waals surface area contributed by atoms with Crippen LogP contribution in [0, 0.1) is 5.82 Å². The van der Waals surface area contributed by atoms with Gasteiger partial charge in [0.2, 0.25) is 0 Å². The topological polar surface area (TPSA) is 71.2 Å². The number of H-pyrrole nitrogens is 1. The minimum absolute atomic E-state index is 0.0436. The number of nitrogens with zero attached hydrogens (tertiary/aromatic N) is 1. The highest BCUT2D eigenvalue weighted by Crippen LogP contribution is 2.46. The fourth-order valence-electron chi connectivity index (χ4n) is 3.58. The number of rotatable bonds is 3. The molecule has 1 aliphatic heterocycles. The minimum Gasteiger partial charge on any atom is -0.383 e. The van der Waals surface area contributed by atoms with E-state index < -0.39 is 28.9 Å². The van der Waals surface area contributed by atoms with E-state index in [9.17, 15) is 18.0 Å². The molecule has 3 aromatic rings. The first-order chi connectivity index (χ1) is 13.3. The van der Waals surface area contributed by atoms with Crippen LogP contribution in [0.4, 0.5) is 13.2 Å². The van der Waals surface area contributed by atoms with Crippen LogP contribution in [0.5, 0.6) is 0 Å². The van der Waals surface area contributed by atoms with E-state index in [1.807, 2.05) is 0 Å². The molecule has 4 rings (SSSR count). The molecule has 0 spiro atoms. The second kappa shape index (κ2) is 6.63. The largest absolute Gasteiger partial charge is 0.383 e. The van der Waals surface area contributed by atoms with Gasteiger partial charge >= 0.3 is 0 Å². The zero-order valence-corrected chi connectivity index (χ0v) is 15.8. The van der Waals surface area contributed by atoms with Gasteiger partial charge in [-0.1, -0.05) is 40.2 Å². The lowest BCUT2D eigenvalue weighted by molar-refractivity contribution is 0.149. The Labute approximate surface area is 166 Å². The van der Waals surface area contributed by atoms with E-state index >= 15 is 0 Å². The normalized spacial score (nSPS) is 18.2. The zero-order valence-electron chi connectivity index (χ0n) is 14.2. The second-order valence-corrected chi connectivity index (χ2v) is 7.27. The lowest BCUT2D eigenvalue weighted by atomic mass is 9.78. The fourth-order valence-corrected chi connectivity index (χ4v) is 3.97. The Bertz CT molecular complexity index is 1180. The van der Waals surface area contributed by atoms with Gasteiger partial charge in [0.25, 0.3) is 12.0 Å². The summed E-state index contributed by atoms with van der Waals surface area (Å²) in [5.74, 6) is -0.605. The Balaban J connectivity index is 2.11. The predicted molar refractivity (Wildman–Crippen MR) is 103 cm³/mol. The summed E-state index contributed by atoms with van der Waals surface area (Å²) in [6, 6.07) is 12.6. The van der Waals surface area contributed by atoms with Gasteiger partial charge in [0, 0.05) is 21.8 Å². The van der Waals surface area contributed by atoms with Gasteiger partial charge in [-0.15, -0.1) is 0 Å². The highest BCUT2D eigenvalue weighted by atomic mass is 79.9. The van der Waals surface area contributed by atoms with Gasteiger partial charge in [-0.25, -0.2) is 18.2 Å². The Morgan fingerprint density at radius 3 is 2.57 bits per heavy atom. The predicted octanol–water partition coefficient (Wildman–Crippen LogP) is 4.22. The van der Waals surface area contributed by atoms with Gasteiger partial charge in [-0.2, -0.15) is 0 Å². The molecule has 0 bridgehead atoms. The molecule has 3 N–H and O–H groups in total. The number of benzene rings is 2. The standard InChI is InChI=1S/C20H13BrF3N3O/c21-12-4-1-3-10(7-12)20(11-8-13(17(23)24)19(28)26-9-11)14-5-2-6-15(22)16(14)18(25)27-20/h1-9,17H,(H2,25,27)(H,26,28). The molecule has 2 heterocycles. The highest BCUT2D eigenvalue weighted by Gasteiger charge is 2.44. The van der Waals surface area contributed by atoms with Gasteiger partial charge in [-0.05, 0) is 29.8 Å². The number of fused-ring (bicyclic) bond motifs is 1. The van der Waals surface area contributed by atoms with E-state index in [2.05, 4.69) is 25.9 Å². The van der Waals surface area contributed by atoms with Crippen molar-refractivity contribution in [3.05, 3.63) is 103 Å². The molecule has 2 aromatic carbocycles. The number of nitrogens with two attached hydrogens (primary N) is 1. The van der Waals surface area contributed by atoms with Crippen LogP contribution in [-0.4, -0.2) is 10.8 Å². The molecule has 0 amide bonds. The van der Waals surface area contributed by atoms with Crippen molar-refractivity contribution in [2.75, 3.05) is 0 Å². The number of aliphatic imine (C=N–C) groups is 1. The molecule has 1 aromatic heterocycles. The highest BCUT2D eigenvalue weighted by molar-refractivity contribution is 9.10. The molecule has 0 radical (unpaired) electrons. The molecule has 1 aliphatic rings. The summed E-state index contributed by atoms with van der Waals surface area (Å²) >= 11 is 3.39. The first kappa shape index (κ1) is 18.5. The van der Waals surface area contributed by atoms with Gasteiger partial charge in [0.05, 0.1) is 11.1 Å². The van der Waals surface area contributed by atoms with Crippen LogP contribution in [0.15, 0.2) is 69.0 Å². The quantitative estimate of drug-likeness (QED) is 0.630. The molecule has 4 nitrogen and oxygen atoms in total. The average molecular weight is 448 g/mol. The lowest BCUT2D eigenvalue weighted by Crippen LogP contribution is -2.28. The number of nitrogens with one attached hydrogen (secondary N) is 1. The summed E-state index contributed by atoms with van der Waals surface area (Å²) < 4.78 is 42.0. The molecule has 28 heavy (non-hydrogen) atoms. The summed E-state index contributed by atoms with van der Waals surface area (Å²) in [6.45, 7) is 0. The van der Waals surface area contributed by atoms with Crippen molar-refractivity contribution in [2.24, 2.45) is 10.7 Å². The molecular formula is C20H13BrF3N3O. The minimum atomic E-state index is -2.97. The number of hydrogen-bond donors (Lipinski definition) is 2. The number of amidine groups is 1. The third-order valence-electron chi connectivity index (χ3n) is 4.77. The zero-order chi connectivity index (χ0) is 20.1. The van der Waals surface area contributed by atoms with E-state index in [1.54, 1.807) is 30.3 Å². The fraction of sp³-hybridized carbons (Fsp3) is 0.100. The smallest absolute Gasteiger partial charge is 0.269 e. The summed E-state index contributed by atoms with van der Waals surface area (Å²) in [7, 11) is 0. The summed E-state index contributed by atoms with van der Waals surface area (Å²) in [6.07, 6.45) is -1.66. The number of aromatic nitrogens is 1. The third-order valence-corrected chi connectivity index (χ3v) is 5.27. The van der Waals surface area contributed by atoms with Crippen LogP contribution in [0.3, 0.4) is 0 Å². The lowest BCUT2D eigenvalue weighted by Gasteiger charge is -2.29. The van der Waals surface area contributed by atoms with Crippen molar-refractivity contribution in [1.29, 1.82) is 0 Å². The van der Waals surface area contributed by atoms with E-state index in [0.29, 0.717) is 11.1 Å². The number of pyridine rings is 1. The first-order valence-corrected chi connectivity index (χ1v) is 9.06. The monoisotopic (exact) mass is 447 g/mol. The molecule has 0 aliphatic carbocycles. The molecular weight excluding hydrogens is 435 g/mol. The SMILES string of the molecule is NC1=NC(c2cccc(Br)c2)(c2c[nH]c(=O)c(C(F)F)c2)c2cccc(F)c21. The molecule has 0 saturated heterocycles. The maximum atomic E-state index is 14.5. The van der Waals surface area contributed by atoms with Crippen molar-refractivity contribution in [1.82, 2.24) is 4.98 Å². The summed E-state index contributed by atoms with van der Waals surface area (Å²) in [5.41, 5.74) is 4.46. The average Bonchev–Trinajstić information content (AvgIpc) is 2.97. The Kier molecular flexibility index (Phi) is 4.38. The van der Waals surface area contributed by atoms with Gasteiger partial charge in [0.1, 0.15) is 17.2 Å². The van der Waals surface area contributed by atoms with Crippen LogP contribution < -0.4 is 11.3 Å². The molecule has 0 fully saturated rings. The van der Waals surface area contributed by atoms with Gasteiger partial charge < -0.3 is 10.7 Å². The van der Waals surface area contributed by atoms with Crippen LogP contribution in [-0.2, 0) is 5.54 Å². The molecule has 0 saturated carbocycles. The Morgan fingerprint density at radius 2 is 1.86 bits per heavy atom. The van der Waals surface area contributed by atoms with E-state index in [0.717, 1.165) is 10.5 Å². The maximum Gasteiger partial charge on any atom is 0.269 e. The molecule has 1 unspecified atom stereocenters. The van der Waals surface area contributed by atoms with Crippen molar-refractivity contribution >= 4 is 21.8 Å². The van der Waals surface area contributed by atoms with Crippen LogP contribution in [0.1, 0.15) is 34.2 Å². The van der Waals surface area contributed by atoms with Crippen LogP contribution >= 0.6 is 15.9 Å². The van der Waals surface area contributed by atoms with Crippen molar-refractivity contribution in [3.8, 4) is 0 Å². The number of alkyl halides is 2. The van der Waals surface area contributed by atoms with Gasteiger partial charge in [-0.3, -0.25) is 4.79 Å².